The number of thiazole rings is 2. The van der Waals surface area contributed by atoms with Gasteiger partial charge in [0.15, 0.2) is 5.78 Å². The quantitative estimate of drug-likeness (QED) is 0.0992. The lowest BCUT2D eigenvalue weighted by molar-refractivity contribution is -0.125. The highest BCUT2D eigenvalue weighted by Crippen LogP contribution is 2.23. The Balaban J connectivity index is 1.47. The molecule has 3 amide bonds. The number of nitrogens with zero attached hydrogens (tertiary/aromatic N) is 3. The fourth-order valence-corrected chi connectivity index (χ4v) is 6.98. The van der Waals surface area contributed by atoms with E-state index in [-0.39, 0.29) is 43.4 Å². The molecule has 0 radical (unpaired) electrons. The summed E-state index contributed by atoms with van der Waals surface area (Å²) in [6.45, 7) is 10.5. The fourth-order valence-electron chi connectivity index (χ4n) is 5.65. The number of benzene rings is 2. The normalized spacial score (nSPS) is 13.3. The third-order valence-electron chi connectivity index (χ3n) is 8.43. The molecule has 4 rings (SSSR count). The molecule has 0 aliphatic rings. The van der Waals surface area contributed by atoms with Gasteiger partial charge in [0.1, 0.15) is 12.6 Å². The number of ketones is 1. The molecule has 4 aromatic rings. The zero-order valence-corrected chi connectivity index (χ0v) is 32.8. The molecule has 2 aromatic heterocycles. The summed E-state index contributed by atoms with van der Waals surface area (Å²) in [6, 6.07) is 18.7. The Bertz CT molecular complexity index is 1660. The van der Waals surface area contributed by atoms with Crippen LogP contribution < -0.4 is 10.6 Å². The highest BCUT2D eigenvalue weighted by molar-refractivity contribution is 7.09. The molecule has 0 bridgehead atoms. The van der Waals surface area contributed by atoms with Crippen molar-refractivity contribution >= 4 is 40.6 Å². The molecule has 2 heterocycles. The number of nitrogens with one attached hydrogen (secondary N) is 2. The van der Waals surface area contributed by atoms with E-state index in [4.69, 9.17) is 9.47 Å². The van der Waals surface area contributed by atoms with Crippen LogP contribution in [0.4, 0.5) is 9.59 Å². The zero-order chi connectivity index (χ0) is 37.5. The summed E-state index contributed by atoms with van der Waals surface area (Å²) in [5.41, 5.74) is 4.23. The van der Waals surface area contributed by atoms with Crippen molar-refractivity contribution in [2.75, 3.05) is 13.7 Å². The second-order valence-electron chi connectivity index (χ2n) is 14.5. The van der Waals surface area contributed by atoms with Gasteiger partial charge in [0.05, 0.1) is 39.8 Å². The average molecular weight is 748 g/mol. The van der Waals surface area contributed by atoms with Crippen LogP contribution in [0.2, 0.25) is 0 Å². The minimum atomic E-state index is -0.839. The number of carbonyl (C=O) groups is 3. The van der Waals surface area contributed by atoms with Crippen LogP contribution in [0.1, 0.15) is 86.5 Å². The van der Waals surface area contributed by atoms with Crippen LogP contribution in [0.25, 0.3) is 0 Å². The Morgan fingerprint density at radius 3 is 2.17 bits per heavy atom. The Labute approximate surface area is 316 Å². The van der Waals surface area contributed by atoms with Crippen molar-refractivity contribution in [2.45, 2.75) is 103 Å². The molecule has 0 spiro atoms. The maximum absolute atomic E-state index is 14.1. The Hall–Kier alpha value is -4.13. The van der Waals surface area contributed by atoms with Crippen LogP contribution in [0.15, 0.2) is 77.8 Å². The Morgan fingerprint density at radius 1 is 0.904 bits per heavy atom. The van der Waals surface area contributed by atoms with E-state index in [1.807, 2.05) is 74.7 Å². The van der Waals surface area contributed by atoms with Gasteiger partial charge in [-0.25, -0.2) is 14.6 Å². The standard InChI is InChI=1S/C40H53N5O5S2/c1-28(2)37-42-33(26-51-37)23-45(6)38(47)44-35(25-50-40(3,4)5)36(46)21-31(19-29-13-9-7-10-14-29)17-18-32(20-30-15-11-8-12-16-30)43-39(48)49-24-34-22-41-27-52-34/h7-16,22,26-28,31-32,35H,17-21,23-25H2,1-6H3,(H,43,48)(H,44,47)/t31-,32-,35-/m0/s1. The van der Waals surface area contributed by atoms with E-state index < -0.39 is 17.7 Å². The molecule has 0 saturated carbocycles. The summed E-state index contributed by atoms with van der Waals surface area (Å²) < 4.78 is 11.6. The minimum Gasteiger partial charge on any atom is -0.444 e. The minimum absolute atomic E-state index is 0.0535. The first-order chi connectivity index (χ1) is 24.8. The number of rotatable bonds is 19. The summed E-state index contributed by atoms with van der Waals surface area (Å²) in [6.07, 6.45) is 4.00. The lowest BCUT2D eigenvalue weighted by atomic mass is 9.86. The smallest absolute Gasteiger partial charge is 0.407 e. The van der Waals surface area contributed by atoms with Gasteiger partial charge in [-0.2, -0.15) is 0 Å². The Kier molecular flexibility index (Phi) is 15.8. The lowest BCUT2D eigenvalue weighted by Gasteiger charge is -2.28. The number of urea groups is 1. The summed E-state index contributed by atoms with van der Waals surface area (Å²) >= 11 is 3.02. The predicted molar refractivity (Wildman–Crippen MR) is 208 cm³/mol. The second kappa shape index (κ2) is 20.2. The van der Waals surface area contributed by atoms with E-state index in [2.05, 4.69) is 46.6 Å². The molecule has 0 aliphatic carbocycles. The van der Waals surface area contributed by atoms with E-state index in [1.54, 1.807) is 35.0 Å². The van der Waals surface area contributed by atoms with Crippen molar-refractivity contribution in [3.05, 3.63) is 104 Å². The van der Waals surface area contributed by atoms with Crippen LogP contribution in [0.3, 0.4) is 0 Å². The number of alkyl carbamates (subject to hydrolysis) is 1. The van der Waals surface area contributed by atoms with Gasteiger partial charge in [-0.05, 0) is 63.5 Å². The van der Waals surface area contributed by atoms with Crippen molar-refractivity contribution in [1.29, 1.82) is 0 Å². The van der Waals surface area contributed by atoms with Gasteiger partial charge in [0, 0.05) is 37.0 Å². The number of amides is 3. The van der Waals surface area contributed by atoms with Gasteiger partial charge in [0.25, 0.3) is 0 Å². The molecule has 2 aromatic carbocycles. The molecular formula is C40H53N5O5S2. The molecule has 2 N–H and O–H groups in total. The van der Waals surface area contributed by atoms with Crippen molar-refractivity contribution < 1.29 is 23.9 Å². The predicted octanol–water partition coefficient (Wildman–Crippen LogP) is 8.18. The van der Waals surface area contributed by atoms with Crippen molar-refractivity contribution in [1.82, 2.24) is 25.5 Å². The van der Waals surface area contributed by atoms with Crippen LogP contribution in [-0.4, -0.2) is 64.1 Å². The van der Waals surface area contributed by atoms with Crippen LogP contribution in [-0.2, 0) is 40.3 Å². The molecule has 280 valence electrons. The van der Waals surface area contributed by atoms with E-state index in [0.717, 1.165) is 26.7 Å². The van der Waals surface area contributed by atoms with Crippen LogP contribution in [0, 0.1) is 5.92 Å². The van der Waals surface area contributed by atoms with Gasteiger partial charge in [-0.15, -0.1) is 22.7 Å². The van der Waals surface area contributed by atoms with Gasteiger partial charge in [0.2, 0.25) is 0 Å². The van der Waals surface area contributed by atoms with Crippen LogP contribution >= 0.6 is 22.7 Å². The molecule has 0 saturated heterocycles. The Morgan fingerprint density at radius 2 is 1.58 bits per heavy atom. The molecule has 12 heteroatoms. The van der Waals surface area contributed by atoms with E-state index in [0.29, 0.717) is 38.1 Å². The third-order valence-corrected chi connectivity index (χ3v) is 10.4. The second-order valence-corrected chi connectivity index (χ2v) is 16.4. The zero-order valence-electron chi connectivity index (χ0n) is 31.2. The summed E-state index contributed by atoms with van der Waals surface area (Å²) in [5.74, 6) is 0.157. The molecule has 0 unspecified atom stereocenters. The average Bonchev–Trinajstić information content (AvgIpc) is 3.81. The topological polar surface area (TPSA) is 123 Å². The number of carbonyl (C=O) groups excluding carboxylic acids is 3. The maximum atomic E-state index is 14.1. The van der Waals surface area contributed by atoms with Crippen LogP contribution in [0.5, 0.6) is 0 Å². The third kappa shape index (κ3) is 14.5. The van der Waals surface area contributed by atoms with Gasteiger partial charge >= 0.3 is 12.1 Å². The number of Topliss-reactive ketones (excluding diaryl/α,β-unsaturated/α-hetero) is 1. The molecule has 10 nitrogen and oxygen atoms in total. The first-order valence-electron chi connectivity index (χ1n) is 17.9. The summed E-state index contributed by atoms with van der Waals surface area (Å²) in [5, 5.41) is 9.04. The monoisotopic (exact) mass is 747 g/mol. The number of hydrogen-bond donors (Lipinski definition) is 2. The number of aromatic nitrogens is 2. The molecular weight excluding hydrogens is 695 g/mol. The first kappa shape index (κ1) is 40.6. The summed E-state index contributed by atoms with van der Waals surface area (Å²) in [7, 11) is 1.70. The highest BCUT2D eigenvalue weighted by atomic mass is 32.1. The molecule has 0 fully saturated rings. The number of hydrogen-bond acceptors (Lipinski definition) is 9. The van der Waals surface area contributed by atoms with Gasteiger partial charge in [-0.1, -0.05) is 74.5 Å². The van der Waals surface area contributed by atoms with E-state index >= 15 is 0 Å². The maximum Gasteiger partial charge on any atom is 0.407 e. The SMILES string of the molecule is CC(C)c1nc(CN(C)C(=O)N[C@@H](COC(C)(C)C)C(=O)C[C@@H](CC[C@@H](Cc2ccccc2)NC(=O)OCc2cncs2)Cc2ccccc2)cs1. The lowest BCUT2D eigenvalue weighted by Crippen LogP contribution is -2.50. The van der Waals surface area contributed by atoms with E-state index in [1.165, 1.54) is 11.3 Å². The van der Waals surface area contributed by atoms with Crippen molar-refractivity contribution in [2.24, 2.45) is 5.92 Å². The number of ether oxygens (including phenoxy) is 2. The first-order valence-corrected chi connectivity index (χ1v) is 19.6. The van der Waals surface area contributed by atoms with Crippen molar-refractivity contribution in [3.8, 4) is 0 Å². The highest BCUT2D eigenvalue weighted by Gasteiger charge is 2.28. The fraction of sp³-hybridized carbons (Fsp3) is 0.475. The van der Waals surface area contributed by atoms with E-state index in [9.17, 15) is 14.4 Å². The molecule has 0 aliphatic heterocycles. The van der Waals surface area contributed by atoms with Gasteiger partial charge < -0.3 is 25.0 Å². The summed E-state index contributed by atoms with van der Waals surface area (Å²) in [4.78, 5) is 51.7. The molecule has 52 heavy (non-hydrogen) atoms. The largest absolute Gasteiger partial charge is 0.444 e. The van der Waals surface area contributed by atoms with Gasteiger partial charge in [-0.3, -0.25) is 9.78 Å². The van der Waals surface area contributed by atoms with Crippen molar-refractivity contribution in [3.63, 3.8) is 0 Å². The molecule has 3 atom stereocenters.